The molecule has 0 spiro atoms. The van der Waals surface area contributed by atoms with Crippen molar-refractivity contribution in [3.63, 3.8) is 0 Å². The number of rotatable bonds is 6. The van der Waals surface area contributed by atoms with Gasteiger partial charge >= 0.3 is 5.97 Å². The van der Waals surface area contributed by atoms with E-state index in [2.05, 4.69) is 41.4 Å². The lowest BCUT2D eigenvalue weighted by Gasteiger charge is -2.34. The van der Waals surface area contributed by atoms with Crippen LogP contribution < -0.4 is 5.32 Å². The lowest BCUT2D eigenvalue weighted by Crippen LogP contribution is -2.48. The Morgan fingerprint density at radius 1 is 1.50 bits per heavy atom. The Hall–Kier alpha value is -0.900. The van der Waals surface area contributed by atoms with Crippen LogP contribution >= 0.6 is 35.3 Å². The monoisotopic (exact) mass is 494 g/mol. The molecule has 26 heavy (non-hydrogen) atoms. The van der Waals surface area contributed by atoms with Gasteiger partial charge in [0.25, 0.3) is 0 Å². The molecule has 1 unspecified atom stereocenters. The lowest BCUT2D eigenvalue weighted by molar-refractivity contribution is -0.149. The molecule has 1 aromatic rings. The SMILES string of the molecule is CCNC(=NCc1csc(C(C)C)n1)N1CCCC(C(=O)OCC)C1.I. The van der Waals surface area contributed by atoms with Crippen molar-refractivity contribution >= 4 is 47.2 Å². The van der Waals surface area contributed by atoms with Crippen molar-refractivity contribution in [2.45, 2.75) is 53.0 Å². The minimum atomic E-state index is -0.0934. The highest BCUT2D eigenvalue weighted by atomic mass is 127. The van der Waals surface area contributed by atoms with Gasteiger partial charge in [0.05, 0.1) is 29.8 Å². The molecule has 2 rings (SSSR count). The molecule has 0 radical (unpaired) electrons. The summed E-state index contributed by atoms with van der Waals surface area (Å²) in [6, 6.07) is 0. The van der Waals surface area contributed by atoms with Gasteiger partial charge in [0, 0.05) is 30.9 Å². The van der Waals surface area contributed by atoms with Crippen LogP contribution in [0.4, 0.5) is 0 Å². The van der Waals surface area contributed by atoms with Gasteiger partial charge in [-0.1, -0.05) is 13.8 Å². The fraction of sp³-hybridized carbons (Fsp3) is 0.722. The molecule has 0 bridgehead atoms. The predicted molar refractivity (Wildman–Crippen MR) is 117 cm³/mol. The number of aliphatic imine (C=N–C) groups is 1. The van der Waals surface area contributed by atoms with Crippen LogP contribution in [0.5, 0.6) is 0 Å². The first kappa shape index (κ1) is 23.1. The molecule has 0 aromatic carbocycles. The molecule has 8 heteroatoms. The first-order chi connectivity index (χ1) is 12.0. The average molecular weight is 494 g/mol. The Labute approximate surface area is 177 Å². The van der Waals surface area contributed by atoms with Gasteiger partial charge in [0.15, 0.2) is 5.96 Å². The molecule has 6 nitrogen and oxygen atoms in total. The fourth-order valence-electron chi connectivity index (χ4n) is 2.86. The van der Waals surface area contributed by atoms with Crippen LogP contribution in [-0.4, -0.2) is 48.1 Å². The maximum atomic E-state index is 12.1. The van der Waals surface area contributed by atoms with E-state index in [1.807, 2.05) is 6.92 Å². The first-order valence-electron chi connectivity index (χ1n) is 9.19. The Morgan fingerprint density at radius 3 is 2.88 bits per heavy atom. The standard InChI is InChI=1S/C18H30N4O2S.HI/c1-5-19-18(20-10-15-12-25-16(21-15)13(3)4)22-9-7-8-14(11-22)17(23)24-6-2;/h12-14H,5-11H2,1-4H3,(H,19,20);1H. The number of piperidine rings is 1. The Morgan fingerprint density at radius 2 is 2.27 bits per heavy atom. The molecular formula is C18H31IN4O2S. The van der Waals surface area contributed by atoms with Gasteiger partial charge in [-0.3, -0.25) is 4.79 Å². The molecule has 1 fully saturated rings. The molecule has 1 aromatic heterocycles. The fourth-order valence-corrected chi connectivity index (χ4v) is 3.69. The zero-order valence-corrected chi connectivity index (χ0v) is 19.3. The smallest absolute Gasteiger partial charge is 0.310 e. The normalized spacial score (nSPS) is 17.8. The minimum absolute atomic E-state index is 0. The molecule has 1 atom stereocenters. The largest absolute Gasteiger partial charge is 0.466 e. The summed E-state index contributed by atoms with van der Waals surface area (Å²) < 4.78 is 5.19. The highest BCUT2D eigenvalue weighted by Gasteiger charge is 2.28. The summed E-state index contributed by atoms with van der Waals surface area (Å²) in [5.74, 6) is 1.15. The van der Waals surface area contributed by atoms with Gasteiger partial charge in [-0.25, -0.2) is 9.98 Å². The Balaban J connectivity index is 0.00000338. The molecule has 148 valence electrons. The number of ether oxygens (including phenoxy) is 1. The number of guanidine groups is 1. The summed E-state index contributed by atoms with van der Waals surface area (Å²) in [7, 11) is 0. The quantitative estimate of drug-likeness (QED) is 0.283. The number of hydrogen-bond acceptors (Lipinski definition) is 5. The van der Waals surface area contributed by atoms with Crippen LogP contribution in [0, 0.1) is 5.92 Å². The highest BCUT2D eigenvalue weighted by molar-refractivity contribution is 14.0. The van der Waals surface area contributed by atoms with E-state index in [0.717, 1.165) is 42.6 Å². The summed E-state index contributed by atoms with van der Waals surface area (Å²) in [5, 5.41) is 6.58. The maximum absolute atomic E-state index is 12.1. The van der Waals surface area contributed by atoms with E-state index in [1.54, 1.807) is 11.3 Å². The molecule has 1 N–H and O–H groups in total. The molecule has 0 saturated carbocycles. The maximum Gasteiger partial charge on any atom is 0.310 e. The van der Waals surface area contributed by atoms with E-state index in [9.17, 15) is 4.79 Å². The molecular weight excluding hydrogens is 463 g/mol. The van der Waals surface area contributed by atoms with Crippen molar-refractivity contribution in [1.82, 2.24) is 15.2 Å². The summed E-state index contributed by atoms with van der Waals surface area (Å²) >= 11 is 1.69. The second-order valence-corrected chi connectivity index (χ2v) is 7.43. The summed E-state index contributed by atoms with van der Waals surface area (Å²) in [4.78, 5) is 23.6. The number of halogens is 1. The zero-order chi connectivity index (χ0) is 18.2. The number of carbonyl (C=O) groups is 1. The first-order valence-corrected chi connectivity index (χ1v) is 10.1. The van der Waals surface area contributed by atoms with E-state index in [-0.39, 0.29) is 35.9 Å². The molecule has 0 amide bonds. The number of carbonyl (C=O) groups excluding carboxylic acids is 1. The van der Waals surface area contributed by atoms with Crippen LogP contribution in [0.2, 0.25) is 0 Å². The van der Waals surface area contributed by atoms with Crippen molar-refractivity contribution in [3.8, 4) is 0 Å². The van der Waals surface area contributed by atoms with Crippen LogP contribution in [0.25, 0.3) is 0 Å². The Bertz CT molecular complexity index is 592. The van der Waals surface area contributed by atoms with Crippen molar-refractivity contribution in [2.24, 2.45) is 10.9 Å². The minimum Gasteiger partial charge on any atom is -0.466 e. The average Bonchev–Trinajstić information content (AvgIpc) is 3.08. The lowest BCUT2D eigenvalue weighted by atomic mass is 9.98. The van der Waals surface area contributed by atoms with Crippen LogP contribution in [-0.2, 0) is 16.1 Å². The number of aromatic nitrogens is 1. The van der Waals surface area contributed by atoms with E-state index in [4.69, 9.17) is 9.73 Å². The van der Waals surface area contributed by atoms with Crippen molar-refractivity contribution in [1.29, 1.82) is 0 Å². The molecule has 1 aliphatic rings. The van der Waals surface area contributed by atoms with E-state index < -0.39 is 0 Å². The van der Waals surface area contributed by atoms with Gasteiger partial charge in [0.2, 0.25) is 0 Å². The van der Waals surface area contributed by atoms with E-state index >= 15 is 0 Å². The third-order valence-corrected chi connectivity index (χ3v) is 5.32. The topological polar surface area (TPSA) is 66.8 Å². The van der Waals surface area contributed by atoms with Crippen molar-refractivity contribution in [3.05, 3.63) is 16.1 Å². The highest BCUT2D eigenvalue weighted by Crippen LogP contribution is 2.20. The third kappa shape index (κ3) is 6.68. The number of thiazole rings is 1. The Kier molecular flexibility index (Phi) is 10.4. The summed E-state index contributed by atoms with van der Waals surface area (Å²) in [6.07, 6.45) is 1.86. The molecule has 1 aliphatic heterocycles. The van der Waals surface area contributed by atoms with Crippen LogP contribution in [0.3, 0.4) is 0 Å². The van der Waals surface area contributed by atoms with Crippen LogP contribution in [0.1, 0.15) is 57.2 Å². The summed E-state index contributed by atoms with van der Waals surface area (Å²) in [5.41, 5.74) is 1.00. The van der Waals surface area contributed by atoms with Gasteiger partial charge < -0.3 is 15.0 Å². The molecule has 2 heterocycles. The second kappa shape index (κ2) is 11.7. The molecule has 0 aliphatic carbocycles. The van der Waals surface area contributed by atoms with Gasteiger partial charge in [-0.15, -0.1) is 35.3 Å². The van der Waals surface area contributed by atoms with E-state index in [0.29, 0.717) is 25.6 Å². The number of esters is 1. The van der Waals surface area contributed by atoms with Crippen LogP contribution in [0.15, 0.2) is 10.4 Å². The number of hydrogen-bond donors (Lipinski definition) is 1. The number of nitrogens with one attached hydrogen (secondary N) is 1. The third-order valence-electron chi connectivity index (χ3n) is 4.13. The zero-order valence-electron chi connectivity index (χ0n) is 16.2. The van der Waals surface area contributed by atoms with Gasteiger partial charge in [-0.05, 0) is 26.7 Å². The number of likely N-dealkylation sites (tertiary alicyclic amines) is 1. The number of nitrogens with zero attached hydrogens (tertiary/aromatic N) is 3. The van der Waals surface area contributed by atoms with Crippen molar-refractivity contribution < 1.29 is 9.53 Å². The second-order valence-electron chi connectivity index (χ2n) is 6.54. The van der Waals surface area contributed by atoms with Gasteiger partial charge in [-0.2, -0.15) is 0 Å². The molecule has 1 saturated heterocycles. The predicted octanol–water partition coefficient (Wildman–Crippen LogP) is 3.63. The summed E-state index contributed by atoms with van der Waals surface area (Å²) in [6.45, 7) is 11.6. The van der Waals surface area contributed by atoms with Gasteiger partial charge in [0.1, 0.15) is 0 Å². The van der Waals surface area contributed by atoms with Crippen molar-refractivity contribution in [2.75, 3.05) is 26.2 Å². The van der Waals surface area contributed by atoms with E-state index in [1.165, 1.54) is 0 Å².